The lowest BCUT2D eigenvalue weighted by atomic mass is 10.00. The second-order valence-electron chi connectivity index (χ2n) is 4.14. The van der Waals surface area contributed by atoms with E-state index in [1.165, 1.54) is 24.0 Å². The van der Waals surface area contributed by atoms with E-state index in [0.717, 1.165) is 6.42 Å². The van der Waals surface area contributed by atoms with Gasteiger partial charge in [-0.2, -0.15) is 0 Å². The van der Waals surface area contributed by atoms with E-state index in [-0.39, 0.29) is 0 Å². The molecule has 0 spiro atoms. The van der Waals surface area contributed by atoms with Gasteiger partial charge in [-0.05, 0) is 36.3 Å². The SMILES string of the molecule is CCc1ccc(CCC2C=CC=C2)cc1. The van der Waals surface area contributed by atoms with Crippen molar-refractivity contribution in [2.45, 2.75) is 26.2 Å². The zero-order chi connectivity index (χ0) is 10.5. The Bertz CT molecular complexity index is 342. The molecule has 0 nitrogen and oxygen atoms in total. The van der Waals surface area contributed by atoms with Crippen molar-refractivity contribution < 1.29 is 0 Å². The maximum absolute atomic E-state index is 2.28. The molecule has 1 aromatic carbocycles. The van der Waals surface area contributed by atoms with Crippen LogP contribution in [0.2, 0.25) is 0 Å². The molecule has 0 atom stereocenters. The summed E-state index contributed by atoms with van der Waals surface area (Å²) in [4.78, 5) is 0. The maximum Gasteiger partial charge on any atom is -0.00441 e. The van der Waals surface area contributed by atoms with Crippen molar-refractivity contribution in [3.8, 4) is 0 Å². The van der Waals surface area contributed by atoms with Crippen LogP contribution >= 0.6 is 0 Å². The Morgan fingerprint density at radius 1 is 0.933 bits per heavy atom. The average Bonchev–Trinajstić information content (AvgIpc) is 2.80. The van der Waals surface area contributed by atoms with Crippen LogP contribution in [0, 0.1) is 5.92 Å². The molecule has 78 valence electrons. The van der Waals surface area contributed by atoms with E-state index in [0.29, 0.717) is 5.92 Å². The molecule has 0 heterocycles. The molecule has 1 aliphatic rings. The molecule has 0 radical (unpaired) electrons. The van der Waals surface area contributed by atoms with Gasteiger partial charge in [0, 0.05) is 0 Å². The first-order valence-corrected chi connectivity index (χ1v) is 5.81. The minimum Gasteiger partial charge on any atom is -0.0776 e. The van der Waals surface area contributed by atoms with Crippen LogP contribution < -0.4 is 0 Å². The Balaban J connectivity index is 1.87. The predicted octanol–water partition coefficient (Wildman–Crippen LogP) is 3.92. The Morgan fingerprint density at radius 3 is 2.13 bits per heavy atom. The van der Waals surface area contributed by atoms with E-state index in [1.54, 1.807) is 0 Å². The summed E-state index contributed by atoms with van der Waals surface area (Å²) >= 11 is 0. The van der Waals surface area contributed by atoms with Crippen molar-refractivity contribution in [3.05, 3.63) is 59.7 Å². The van der Waals surface area contributed by atoms with E-state index in [2.05, 4.69) is 55.5 Å². The van der Waals surface area contributed by atoms with Crippen LogP contribution in [0.1, 0.15) is 24.5 Å². The Hall–Kier alpha value is -1.30. The number of rotatable bonds is 4. The normalized spacial score (nSPS) is 15.0. The van der Waals surface area contributed by atoms with E-state index >= 15 is 0 Å². The first kappa shape index (κ1) is 10.2. The van der Waals surface area contributed by atoms with Gasteiger partial charge in [0.2, 0.25) is 0 Å². The summed E-state index contributed by atoms with van der Waals surface area (Å²) in [6.45, 7) is 2.20. The zero-order valence-corrected chi connectivity index (χ0v) is 9.32. The van der Waals surface area contributed by atoms with Gasteiger partial charge < -0.3 is 0 Å². The molecule has 0 bridgehead atoms. The number of benzene rings is 1. The molecular formula is C15H18. The maximum atomic E-state index is 2.28. The topological polar surface area (TPSA) is 0 Å². The Labute approximate surface area is 92.3 Å². The molecule has 0 amide bonds. The lowest BCUT2D eigenvalue weighted by molar-refractivity contribution is 0.715. The molecule has 0 saturated carbocycles. The molecule has 15 heavy (non-hydrogen) atoms. The fraction of sp³-hybridized carbons (Fsp3) is 0.333. The van der Waals surface area contributed by atoms with Crippen LogP contribution in [0.4, 0.5) is 0 Å². The quantitative estimate of drug-likeness (QED) is 0.687. The molecule has 0 aliphatic heterocycles. The summed E-state index contributed by atoms with van der Waals surface area (Å²) in [6, 6.07) is 9.02. The van der Waals surface area contributed by atoms with Gasteiger partial charge in [-0.25, -0.2) is 0 Å². The molecule has 0 aromatic heterocycles. The van der Waals surface area contributed by atoms with Crippen LogP contribution in [0.15, 0.2) is 48.6 Å². The summed E-state index contributed by atoms with van der Waals surface area (Å²) in [5.74, 6) is 0.663. The molecule has 0 unspecified atom stereocenters. The Morgan fingerprint density at radius 2 is 1.53 bits per heavy atom. The first-order chi connectivity index (χ1) is 7.38. The summed E-state index contributed by atoms with van der Waals surface area (Å²) in [7, 11) is 0. The van der Waals surface area contributed by atoms with Crippen LogP contribution in [0.3, 0.4) is 0 Å². The minimum absolute atomic E-state index is 0.663. The minimum atomic E-state index is 0.663. The van der Waals surface area contributed by atoms with E-state index in [9.17, 15) is 0 Å². The summed E-state index contributed by atoms with van der Waals surface area (Å²) in [6.07, 6.45) is 12.4. The highest BCUT2D eigenvalue weighted by Gasteiger charge is 2.03. The molecule has 0 heteroatoms. The summed E-state index contributed by atoms with van der Waals surface area (Å²) in [5, 5.41) is 0. The molecular weight excluding hydrogens is 180 g/mol. The van der Waals surface area contributed by atoms with Crippen molar-refractivity contribution in [1.29, 1.82) is 0 Å². The van der Waals surface area contributed by atoms with Crippen LogP contribution in [-0.4, -0.2) is 0 Å². The lowest BCUT2D eigenvalue weighted by Crippen LogP contribution is -1.93. The largest absolute Gasteiger partial charge is 0.0776 e. The molecule has 0 fully saturated rings. The highest BCUT2D eigenvalue weighted by molar-refractivity contribution is 5.23. The molecule has 1 aliphatic carbocycles. The Kier molecular flexibility index (Phi) is 3.39. The lowest BCUT2D eigenvalue weighted by Gasteiger charge is -2.05. The van der Waals surface area contributed by atoms with Gasteiger partial charge >= 0.3 is 0 Å². The van der Waals surface area contributed by atoms with Crippen molar-refractivity contribution >= 4 is 0 Å². The van der Waals surface area contributed by atoms with Gasteiger partial charge in [0.05, 0.1) is 0 Å². The van der Waals surface area contributed by atoms with Gasteiger partial charge in [-0.1, -0.05) is 55.5 Å². The third-order valence-electron chi connectivity index (χ3n) is 3.03. The van der Waals surface area contributed by atoms with Crippen molar-refractivity contribution in [1.82, 2.24) is 0 Å². The summed E-state index contributed by atoms with van der Waals surface area (Å²) in [5.41, 5.74) is 2.89. The second kappa shape index (κ2) is 4.97. The van der Waals surface area contributed by atoms with Crippen molar-refractivity contribution in [2.24, 2.45) is 5.92 Å². The van der Waals surface area contributed by atoms with Gasteiger partial charge in [-0.15, -0.1) is 0 Å². The monoisotopic (exact) mass is 198 g/mol. The van der Waals surface area contributed by atoms with E-state index in [1.807, 2.05) is 0 Å². The number of hydrogen-bond donors (Lipinski definition) is 0. The smallest absolute Gasteiger partial charge is 0.00441 e. The highest BCUT2D eigenvalue weighted by Crippen LogP contribution is 2.16. The van der Waals surface area contributed by atoms with Gasteiger partial charge in [0.1, 0.15) is 0 Å². The number of hydrogen-bond acceptors (Lipinski definition) is 0. The standard InChI is InChI=1S/C15H18/c1-2-13-7-9-15(10-8-13)12-11-14-5-3-4-6-14/h3-10,14H,2,11-12H2,1H3. The molecule has 1 aromatic rings. The van der Waals surface area contributed by atoms with Crippen molar-refractivity contribution in [3.63, 3.8) is 0 Å². The zero-order valence-electron chi connectivity index (χ0n) is 9.32. The van der Waals surface area contributed by atoms with Crippen LogP contribution in [0.25, 0.3) is 0 Å². The fourth-order valence-electron chi connectivity index (χ4n) is 1.95. The van der Waals surface area contributed by atoms with E-state index < -0.39 is 0 Å². The number of aryl methyl sites for hydroxylation is 2. The van der Waals surface area contributed by atoms with Gasteiger partial charge in [0.25, 0.3) is 0 Å². The fourth-order valence-corrected chi connectivity index (χ4v) is 1.95. The molecule has 0 saturated heterocycles. The third kappa shape index (κ3) is 2.82. The predicted molar refractivity (Wildman–Crippen MR) is 65.9 cm³/mol. The third-order valence-corrected chi connectivity index (χ3v) is 3.03. The van der Waals surface area contributed by atoms with Crippen LogP contribution in [-0.2, 0) is 12.8 Å². The molecule has 0 N–H and O–H groups in total. The van der Waals surface area contributed by atoms with Crippen molar-refractivity contribution in [2.75, 3.05) is 0 Å². The van der Waals surface area contributed by atoms with Gasteiger partial charge in [0.15, 0.2) is 0 Å². The highest BCUT2D eigenvalue weighted by atomic mass is 14.1. The summed E-state index contributed by atoms with van der Waals surface area (Å²) < 4.78 is 0. The van der Waals surface area contributed by atoms with E-state index in [4.69, 9.17) is 0 Å². The number of allylic oxidation sites excluding steroid dienone is 4. The molecule has 2 rings (SSSR count). The van der Waals surface area contributed by atoms with Crippen LogP contribution in [0.5, 0.6) is 0 Å². The average molecular weight is 198 g/mol. The second-order valence-corrected chi connectivity index (χ2v) is 4.14. The first-order valence-electron chi connectivity index (χ1n) is 5.81. The van der Waals surface area contributed by atoms with Gasteiger partial charge in [-0.3, -0.25) is 0 Å².